The Morgan fingerprint density at radius 3 is 2.74 bits per heavy atom. The summed E-state index contributed by atoms with van der Waals surface area (Å²) >= 11 is 0. The average Bonchev–Trinajstić information content (AvgIpc) is 2.54. The van der Waals surface area contributed by atoms with Crippen LogP contribution in [-0.4, -0.2) is 22.6 Å². The van der Waals surface area contributed by atoms with Gasteiger partial charge < -0.3 is 10.6 Å². The second kappa shape index (κ2) is 6.73. The summed E-state index contributed by atoms with van der Waals surface area (Å²) in [5.74, 6) is 3.57. The monoisotopic (exact) mass is 262 g/mol. The third-order valence-corrected chi connectivity index (χ3v) is 3.81. The summed E-state index contributed by atoms with van der Waals surface area (Å²) in [6.45, 7) is 7.27. The van der Waals surface area contributed by atoms with E-state index in [-0.39, 0.29) is 0 Å². The predicted octanol–water partition coefficient (Wildman–Crippen LogP) is 3.60. The molecular formula is C15H26N4. The van der Waals surface area contributed by atoms with Crippen molar-refractivity contribution in [2.24, 2.45) is 5.92 Å². The molecule has 0 bridgehead atoms. The van der Waals surface area contributed by atoms with Crippen LogP contribution in [0.15, 0.2) is 6.07 Å². The molecule has 0 spiro atoms. The Bertz CT molecular complexity index is 405. The lowest BCUT2D eigenvalue weighted by atomic mass is 10.0. The van der Waals surface area contributed by atoms with Gasteiger partial charge in [-0.05, 0) is 39.0 Å². The molecule has 4 nitrogen and oxygen atoms in total. The topological polar surface area (TPSA) is 49.8 Å². The van der Waals surface area contributed by atoms with Gasteiger partial charge in [-0.2, -0.15) is 0 Å². The van der Waals surface area contributed by atoms with Crippen LogP contribution in [0.2, 0.25) is 0 Å². The lowest BCUT2D eigenvalue weighted by molar-refractivity contribution is 0.502. The molecule has 0 radical (unpaired) electrons. The van der Waals surface area contributed by atoms with Crippen LogP contribution >= 0.6 is 0 Å². The highest BCUT2D eigenvalue weighted by molar-refractivity contribution is 5.47. The van der Waals surface area contributed by atoms with E-state index in [0.717, 1.165) is 29.9 Å². The van der Waals surface area contributed by atoms with Crippen molar-refractivity contribution in [1.29, 1.82) is 0 Å². The van der Waals surface area contributed by atoms with Gasteiger partial charge in [-0.3, -0.25) is 0 Å². The Morgan fingerprint density at radius 2 is 1.95 bits per heavy atom. The van der Waals surface area contributed by atoms with Gasteiger partial charge >= 0.3 is 0 Å². The van der Waals surface area contributed by atoms with Crippen LogP contribution in [-0.2, 0) is 0 Å². The molecule has 0 amide bonds. The van der Waals surface area contributed by atoms with Gasteiger partial charge in [0.05, 0.1) is 0 Å². The lowest BCUT2D eigenvalue weighted by Crippen LogP contribution is -2.20. The van der Waals surface area contributed by atoms with E-state index >= 15 is 0 Å². The van der Waals surface area contributed by atoms with Crippen molar-refractivity contribution in [3.8, 4) is 0 Å². The summed E-state index contributed by atoms with van der Waals surface area (Å²) in [5.41, 5.74) is 0. The van der Waals surface area contributed by atoms with E-state index in [0.29, 0.717) is 6.04 Å². The molecule has 1 aromatic rings. The van der Waals surface area contributed by atoms with Gasteiger partial charge in [-0.15, -0.1) is 0 Å². The Hall–Kier alpha value is -1.32. The van der Waals surface area contributed by atoms with Gasteiger partial charge in [0.15, 0.2) is 0 Å². The zero-order chi connectivity index (χ0) is 13.7. The molecule has 2 atom stereocenters. The zero-order valence-electron chi connectivity index (χ0n) is 12.4. The first-order chi connectivity index (χ1) is 9.17. The number of hydrogen-bond acceptors (Lipinski definition) is 4. The summed E-state index contributed by atoms with van der Waals surface area (Å²) in [4.78, 5) is 8.88. The van der Waals surface area contributed by atoms with Crippen molar-refractivity contribution < 1.29 is 0 Å². The number of hydrogen-bond donors (Lipinski definition) is 2. The van der Waals surface area contributed by atoms with E-state index in [4.69, 9.17) is 0 Å². The van der Waals surface area contributed by atoms with E-state index in [9.17, 15) is 0 Å². The Labute approximate surface area is 116 Å². The van der Waals surface area contributed by atoms with E-state index in [1.54, 1.807) is 0 Å². The number of aryl methyl sites for hydroxylation is 1. The minimum Gasteiger partial charge on any atom is -0.370 e. The standard InChI is InChI=1S/C15H26N4/c1-4-16-14-10-15(18-12(3)17-14)19-13-7-5-6-11(2)8-9-13/h10-11,13H,4-9H2,1-3H3,(H2,16,17,18,19). The summed E-state index contributed by atoms with van der Waals surface area (Å²) in [5, 5.41) is 6.84. The summed E-state index contributed by atoms with van der Waals surface area (Å²) in [6, 6.07) is 2.58. The van der Waals surface area contributed by atoms with Crippen LogP contribution in [0.3, 0.4) is 0 Å². The number of aromatic nitrogens is 2. The molecule has 2 rings (SSSR count). The Morgan fingerprint density at radius 1 is 1.16 bits per heavy atom. The first kappa shape index (κ1) is 14.1. The number of rotatable bonds is 4. The number of nitrogens with one attached hydrogen (secondary N) is 2. The molecule has 106 valence electrons. The highest BCUT2D eigenvalue weighted by atomic mass is 15.1. The van der Waals surface area contributed by atoms with Gasteiger partial charge in [-0.25, -0.2) is 9.97 Å². The molecule has 1 heterocycles. The predicted molar refractivity (Wildman–Crippen MR) is 80.6 cm³/mol. The van der Waals surface area contributed by atoms with E-state index in [1.807, 2.05) is 13.0 Å². The number of nitrogens with zero attached hydrogens (tertiary/aromatic N) is 2. The molecular weight excluding hydrogens is 236 g/mol. The van der Waals surface area contributed by atoms with Crippen molar-refractivity contribution >= 4 is 11.6 Å². The largest absolute Gasteiger partial charge is 0.370 e. The lowest BCUT2D eigenvalue weighted by Gasteiger charge is -2.18. The van der Waals surface area contributed by atoms with Crippen molar-refractivity contribution in [3.63, 3.8) is 0 Å². The molecule has 1 aliphatic carbocycles. The fourth-order valence-corrected chi connectivity index (χ4v) is 2.75. The molecule has 0 aromatic carbocycles. The Balaban J connectivity index is 2.01. The first-order valence-corrected chi connectivity index (χ1v) is 7.53. The fourth-order valence-electron chi connectivity index (χ4n) is 2.75. The van der Waals surface area contributed by atoms with Crippen LogP contribution in [0.4, 0.5) is 11.6 Å². The highest BCUT2D eigenvalue weighted by Crippen LogP contribution is 2.25. The second-order valence-electron chi connectivity index (χ2n) is 5.67. The van der Waals surface area contributed by atoms with Gasteiger partial charge in [0.1, 0.15) is 17.5 Å². The van der Waals surface area contributed by atoms with Gasteiger partial charge in [-0.1, -0.05) is 19.8 Å². The van der Waals surface area contributed by atoms with Crippen LogP contribution in [0, 0.1) is 12.8 Å². The summed E-state index contributed by atoms with van der Waals surface area (Å²) in [7, 11) is 0. The normalized spacial score (nSPS) is 23.7. The SMILES string of the molecule is CCNc1cc(NC2CCCC(C)CC2)nc(C)n1. The van der Waals surface area contributed by atoms with E-state index < -0.39 is 0 Å². The smallest absolute Gasteiger partial charge is 0.132 e. The number of anilines is 2. The highest BCUT2D eigenvalue weighted by Gasteiger charge is 2.16. The van der Waals surface area contributed by atoms with Crippen LogP contribution < -0.4 is 10.6 Å². The third-order valence-electron chi connectivity index (χ3n) is 3.81. The van der Waals surface area contributed by atoms with Crippen molar-refractivity contribution in [2.75, 3.05) is 17.2 Å². The van der Waals surface area contributed by atoms with Crippen molar-refractivity contribution in [1.82, 2.24) is 9.97 Å². The molecule has 0 aliphatic heterocycles. The zero-order valence-corrected chi connectivity index (χ0v) is 12.4. The van der Waals surface area contributed by atoms with Crippen LogP contribution in [0.1, 0.15) is 51.8 Å². The van der Waals surface area contributed by atoms with Crippen LogP contribution in [0.25, 0.3) is 0 Å². The minimum atomic E-state index is 0.564. The quantitative estimate of drug-likeness (QED) is 0.814. The second-order valence-corrected chi connectivity index (χ2v) is 5.67. The van der Waals surface area contributed by atoms with Gasteiger partial charge in [0.25, 0.3) is 0 Å². The third kappa shape index (κ3) is 4.37. The van der Waals surface area contributed by atoms with Crippen molar-refractivity contribution in [2.45, 2.75) is 58.9 Å². The molecule has 2 N–H and O–H groups in total. The first-order valence-electron chi connectivity index (χ1n) is 7.53. The molecule has 19 heavy (non-hydrogen) atoms. The molecule has 1 aliphatic rings. The molecule has 4 heteroatoms. The molecule has 1 aromatic heterocycles. The molecule has 2 unspecified atom stereocenters. The Kier molecular flexibility index (Phi) is 5.00. The molecule has 1 saturated carbocycles. The minimum absolute atomic E-state index is 0.564. The van der Waals surface area contributed by atoms with E-state index in [2.05, 4.69) is 34.4 Å². The maximum absolute atomic E-state index is 4.50. The van der Waals surface area contributed by atoms with Crippen molar-refractivity contribution in [3.05, 3.63) is 11.9 Å². The maximum atomic E-state index is 4.50. The summed E-state index contributed by atoms with van der Waals surface area (Å²) in [6.07, 6.45) is 6.51. The van der Waals surface area contributed by atoms with Gasteiger partial charge in [0.2, 0.25) is 0 Å². The average molecular weight is 262 g/mol. The summed E-state index contributed by atoms with van der Waals surface area (Å²) < 4.78 is 0. The van der Waals surface area contributed by atoms with Gasteiger partial charge in [0, 0.05) is 18.7 Å². The van der Waals surface area contributed by atoms with Crippen LogP contribution in [0.5, 0.6) is 0 Å². The fraction of sp³-hybridized carbons (Fsp3) is 0.733. The maximum Gasteiger partial charge on any atom is 0.132 e. The molecule has 0 saturated heterocycles. The molecule has 1 fully saturated rings. The van der Waals surface area contributed by atoms with E-state index in [1.165, 1.54) is 32.1 Å².